The quantitative estimate of drug-likeness (QED) is 0.597. The highest BCUT2D eigenvalue weighted by molar-refractivity contribution is 7.90. The molecule has 0 aliphatic carbocycles. The summed E-state index contributed by atoms with van der Waals surface area (Å²) >= 11 is 0. The highest BCUT2D eigenvalue weighted by Crippen LogP contribution is 2.26. The van der Waals surface area contributed by atoms with E-state index in [0.29, 0.717) is 18.3 Å². The Labute approximate surface area is 181 Å². The molecule has 1 fully saturated rings. The Morgan fingerprint density at radius 2 is 1.74 bits per heavy atom. The molecule has 8 nitrogen and oxygen atoms in total. The number of hydrogen-bond donors (Lipinski definition) is 0. The van der Waals surface area contributed by atoms with Crippen LogP contribution in [0.15, 0.2) is 21.6 Å². The molecule has 11 heteroatoms. The zero-order chi connectivity index (χ0) is 22.8. The van der Waals surface area contributed by atoms with E-state index in [1.165, 1.54) is 0 Å². The van der Waals surface area contributed by atoms with Gasteiger partial charge in [0.15, 0.2) is 33.0 Å². The van der Waals surface area contributed by atoms with Crippen LogP contribution in [-0.2, 0) is 9.84 Å². The smallest absolute Gasteiger partial charge is 0.324 e. The van der Waals surface area contributed by atoms with Gasteiger partial charge in [0, 0.05) is 44.4 Å². The van der Waals surface area contributed by atoms with Gasteiger partial charge in [0.1, 0.15) is 0 Å². The van der Waals surface area contributed by atoms with E-state index in [-0.39, 0.29) is 18.6 Å². The first kappa shape index (κ1) is 23.4. The third kappa shape index (κ3) is 5.70. The second-order valence-electron chi connectivity index (χ2n) is 8.09. The molecular weight excluding hydrogens is 430 g/mol. The standard InChI is InChI=1S/C20H28F2N4O4S/c1-13(2)19-23-20(30-24-19)26-8-6-25(7-9-26)14(3)5-10-29-18-16(21)11-15(12-17(18)22)31(4,27)28/h11-14H,5-10H2,1-4H3. The first-order valence-corrected chi connectivity index (χ1v) is 12.1. The monoisotopic (exact) mass is 458 g/mol. The fourth-order valence-corrected chi connectivity index (χ4v) is 3.98. The maximum Gasteiger partial charge on any atom is 0.324 e. The second-order valence-corrected chi connectivity index (χ2v) is 10.1. The molecule has 1 aromatic heterocycles. The van der Waals surface area contributed by atoms with E-state index < -0.39 is 32.1 Å². The van der Waals surface area contributed by atoms with Gasteiger partial charge in [-0.3, -0.25) is 4.90 Å². The molecule has 0 spiro atoms. The average molecular weight is 459 g/mol. The normalized spacial score (nSPS) is 16.7. The number of piperazine rings is 1. The van der Waals surface area contributed by atoms with Gasteiger partial charge in [-0.05, 0) is 25.5 Å². The van der Waals surface area contributed by atoms with E-state index in [9.17, 15) is 17.2 Å². The van der Waals surface area contributed by atoms with Crippen LogP contribution in [0.1, 0.15) is 38.9 Å². The van der Waals surface area contributed by atoms with Crippen LogP contribution in [0.25, 0.3) is 0 Å². The number of benzene rings is 1. The maximum absolute atomic E-state index is 14.1. The van der Waals surface area contributed by atoms with E-state index >= 15 is 0 Å². The number of anilines is 1. The zero-order valence-electron chi connectivity index (χ0n) is 18.1. The van der Waals surface area contributed by atoms with Gasteiger partial charge in [-0.2, -0.15) is 4.98 Å². The van der Waals surface area contributed by atoms with Gasteiger partial charge in [-0.25, -0.2) is 17.2 Å². The van der Waals surface area contributed by atoms with Gasteiger partial charge < -0.3 is 14.2 Å². The van der Waals surface area contributed by atoms with Crippen molar-refractivity contribution in [3.05, 3.63) is 29.6 Å². The lowest BCUT2D eigenvalue weighted by molar-refractivity contribution is 0.160. The van der Waals surface area contributed by atoms with Crippen molar-refractivity contribution in [2.45, 2.75) is 44.0 Å². The Kier molecular flexibility index (Phi) is 7.15. The van der Waals surface area contributed by atoms with Gasteiger partial charge in [0.05, 0.1) is 11.5 Å². The zero-order valence-corrected chi connectivity index (χ0v) is 19.0. The molecule has 1 aromatic carbocycles. The lowest BCUT2D eigenvalue weighted by Gasteiger charge is -2.37. The van der Waals surface area contributed by atoms with E-state index in [1.807, 2.05) is 25.7 Å². The van der Waals surface area contributed by atoms with Crippen LogP contribution in [0.2, 0.25) is 0 Å². The second kappa shape index (κ2) is 9.47. The number of ether oxygens (including phenoxy) is 1. The Balaban J connectivity index is 1.49. The Morgan fingerprint density at radius 1 is 1.13 bits per heavy atom. The summed E-state index contributed by atoms with van der Waals surface area (Å²) in [5, 5.41) is 3.99. The van der Waals surface area contributed by atoms with Crippen LogP contribution in [0.4, 0.5) is 14.8 Å². The van der Waals surface area contributed by atoms with Crippen molar-refractivity contribution in [1.29, 1.82) is 0 Å². The van der Waals surface area contributed by atoms with Crippen LogP contribution in [-0.4, -0.2) is 68.5 Å². The van der Waals surface area contributed by atoms with Crippen LogP contribution in [0, 0.1) is 11.6 Å². The molecule has 0 radical (unpaired) electrons. The minimum absolute atomic E-state index is 0.106. The van der Waals surface area contributed by atoms with E-state index in [1.54, 1.807) is 0 Å². The summed E-state index contributed by atoms with van der Waals surface area (Å²) in [4.78, 5) is 8.32. The van der Waals surface area contributed by atoms with Crippen molar-refractivity contribution in [2.24, 2.45) is 0 Å². The molecule has 0 amide bonds. The van der Waals surface area contributed by atoms with E-state index in [0.717, 1.165) is 44.6 Å². The number of hydrogen-bond acceptors (Lipinski definition) is 8. The Hall–Kier alpha value is -2.27. The number of aromatic nitrogens is 2. The molecule has 31 heavy (non-hydrogen) atoms. The summed E-state index contributed by atoms with van der Waals surface area (Å²) in [7, 11) is -3.70. The molecule has 1 aliphatic heterocycles. The van der Waals surface area contributed by atoms with Crippen LogP contribution < -0.4 is 9.64 Å². The summed E-state index contributed by atoms with van der Waals surface area (Å²) in [6, 6.07) is 2.22. The average Bonchev–Trinajstić information content (AvgIpc) is 3.20. The van der Waals surface area contributed by atoms with E-state index in [2.05, 4.69) is 15.0 Å². The molecule has 3 rings (SSSR count). The first-order valence-electron chi connectivity index (χ1n) is 10.2. The molecular formula is C20H28F2N4O4S. The van der Waals surface area contributed by atoms with E-state index in [4.69, 9.17) is 9.26 Å². The number of nitrogens with zero attached hydrogens (tertiary/aromatic N) is 4. The molecule has 1 atom stereocenters. The van der Waals surface area contributed by atoms with Crippen molar-refractivity contribution < 1.29 is 26.5 Å². The first-order chi connectivity index (χ1) is 14.6. The highest BCUT2D eigenvalue weighted by Gasteiger charge is 2.25. The van der Waals surface area contributed by atoms with Crippen LogP contribution in [0.5, 0.6) is 5.75 Å². The van der Waals surface area contributed by atoms with Gasteiger partial charge in [0.2, 0.25) is 0 Å². The fraction of sp³-hybridized carbons (Fsp3) is 0.600. The third-order valence-corrected chi connectivity index (χ3v) is 6.43. The molecule has 0 N–H and O–H groups in total. The topological polar surface area (TPSA) is 88.8 Å². The van der Waals surface area contributed by atoms with Gasteiger partial charge in [-0.15, -0.1) is 0 Å². The lowest BCUT2D eigenvalue weighted by atomic mass is 10.2. The number of halogens is 2. The maximum atomic E-state index is 14.1. The summed E-state index contributed by atoms with van der Waals surface area (Å²) in [5.41, 5.74) is 0. The number of rotatable bonds is 8. The fourth-order valence-electron chi connectivity index (χ4n) is 3.35. The molecule has 1 aliphatic rings. The van der Waals surface area contributed by atoms with Crippen molar-refractivity contribution in [3.8, 4) is 5.75 Å². The number of sulfone groups is 1. The van der Waals surface area contributed by atoms with Gasteiger partial charge >= 0.3 is 6.01 Å². The van der Waals surface area contributed by atoms with Crippen molar-refractivity contribution in [3.63, 3.8) is 0 Å². The molecule has 0 saturated carbocycles. The van der Waals surface area contributed by atoms with Gasteiger partial charge in [-0.1, -0.05) is 19.0 Å². The summed E-state index contributed by atoms with van der Waals surface area (Å²) < 4.78 is 61.8. The van der Waals surface area contributed by atoms with Crippen molar-refractivity contribution in [1.82, 2.24) is 15.0 Å². The largest absolute Gasteiger partial charge is 0.488 e. The van der Waals surface area contributed by atoms with Gasteiger partial charge in [0.25, 0.3) is 0 Å². The summed E-state index contributed by atoms with van der Waals surface area (Å²) in [5.74, 6) is -1.71. The molecule has 1 unspecified atom stereocenters. The highest BCUT2D eigenvalue weighted by atomic mass is 32.2. The molecule has 2 aromatic rings. The van der Waals surface area contributed by atoms with Crippen LogP contribution >= 0.6 is 0 Å². The summed E-state index contributed by atoms with van der Waals surface area (Å²) in [6.45, 7) is 9.19. The Morgan fingerprint density at radius 3 is 2.26 bits per heavy atom. The third-order valence-electron chi connectivity index (χ3n) is 5.34. The predicted molar refractivity (Wildman–Crippen MR) is 111 cm³/mol. The van der Waals surface area contributed by atoms with Crippen LogP contribution in [0.3, 0.4) is 0 Å². The SMILES string of the molecule is CC(C)c1noc(N2CCN(C(C)CCOc3c(F)cc(S(C)(=O)=O)cc3F)CC2)n1. The van der Waals surface area contributed by atoms with Crippen molar-refractivity contribution in [2.75, 3.05) is 43.9 Å². The molecule has 0 bridgehead atoms. The summed E-state index contributed by atoms with van der Waals surface area (Å²) in [6.07, 6.45) is 1.45. The van der Waals surface area contributed by atoms with Crippen molar-refractivity contribution >= 4 is 15.9 Å². The Bertz CT molecular complexity index is 981. The minimum atomic E-state index is -3.70. The molecule has 1 saturated heterocycles. The minimum Gasteiger partial charge on any atom is -0.488 e. The predicted octanol–water partition coefficient (Wildman–Crippen LogP) is 2.85. The lowest BCUT2D eigenvalue weighted by Crippen LogP contribution is -2.50. The molecule has 2 heterocycles. The molecule has 172 valence electrons.